The van der Waals surface area contributed by atoms with Crippen LogP contribution in [0.2, 0.25) is 0 Å². The van der Waals surface area contributed by atoms with Gasteiger partial charge in [0.1, 0.15) is 5.54 Å². The first kappa shape index (κ1) is 14.1. The van der Waals surface area contributed by atoms with Gasteiger partial charge in [0, 0.05) is 16.7 Å². The Labute approximate surface area is 107 Å². The molecule has 17 heavy (non-hydrogen) atoms. The fourth-order valence-corrected chi connectivity index (χ4v) is 2.56. The van der Waals surface area contributed by atoms with Crippen LogP contribution in [0.4, 0.5) is 0 Å². The Morgan fingerprint density at radius 1 is 1.41 bits per heavy atom. The molecule has 1 atom stereocenters. The number of aliphatic carboxylic acids is 1. The molecule has 1 aromatic carbocycles. The number of carboxylic acid groups (broad SMARTS) is 1. The summed E-state index contributed by atoms with van der Waals surface area (Å²) in [5.41, 5.74) is -0.894. The molecule has 0 spiro atoms. The molecular weight excluding hydrogens is 234 g/mol. The van der Waals surface area contributed by atoms with E-state index in [1.165, 1.54) is 0 Å². The highest BCUT2D eigenvalue weighted by Gasteiger charge is 2.33. The molecule has 1 aromatic rings. The fourth-order valence-electron chi connectivity index (χ4n) is 1.55. The van der Waals surface area contributed by atoms with E-state index in [1.807, 2.05) is 44.2 Å². The Kier molecular flexibility index (Phi) is 5.02. The summed E-state index contributed by atoms with van der Waals surface area (Å²) in [5.74, 6) is -0.306. The van der Waals surface area contributed by atoms with E-state index in [0.29, 0.717) is 5.75 Å². The summed E-state index contributed by atoms with van der Waals surface area (Å²) in [7, 11) is 0. The zero-order chi connectivity index (χ0) is 12.9. The maximum atomic E-state index is 11.3. The summed E-state index contributed by atoms with van der Waals surface area (Å²) in [4.78, 5) is 12.4. The average Bonchev–Trinajstić information content (AvgIpc) is 2.27. The standard InChI is InChI=1S/C13H19NO2S/c1-10(2)14-13(3,12(15)16)9-17-11-7-5-4-6-8-11/h4-8,10,14H,9H2,1-3H3,(H,15,16). The fraction of sp³-hybridized carbons (Fsp3) is 0.462. The number of nitrogens with one attached hydrogen (secondary N) is 1. The maximum Gasteiger partial charge on any atom is 0.324 e. The number of thioether (sulfide) groups is 1. The number of hydrogen-bond acceptors (Lipinski definition) is 3. The SMILES string of the molecule is CC(C)NC(C)(CSc1ccccc1)C(=O)O. The molecule has 0 saturated heterocycles. The monoisotopic (exact) mass is 253 g/mol. The van der Waals surface area contributed by atoms with Crippen molar-refractivity contribution in [2.75, 3.05) is 5.75 Å². The highest BCUT2D eigenvalue weighted by Crippen LogP contribution is 2.22. The van der Waals surface area contributed by atoms with Gasteiger partial charge in [0.25, 0.3) is 0 Å². The van der Waals surface area contributed by atoms with Gasteiger partial charge >= 0.3 is 5.97 Å². The van der Waals surface area contributed by atoms with E-state index in [9.17, 15) is 9.90 Å². The van der Waals surface area contributed by atoms with Crippen LogP contribution in [0.5, 0.6) is 0 Å². The molecule has 4 heteroatoms. The minimum absolute atomic E-state index is 0.146. The van der Waals surface area contributed by atoms with Crippen molar-refractivity contribution in [2.24, 2.45) is 0 Å². The van der Waals surface area contributed by atoms with Crippen LogP contribution in [0, 0.1) is 0 Å². The molecule has 94 valence electrons. The Hall–Kier alpha value is -1.00. The van der Waals surface area contributed by atoms with Crippen LogP contribution in [-0.2, 0) is 4.79 Å². The highest BCUT2D eigenvalue weighted by atomic mass is 32.2. The normalized spacial score (nSPS) is 14.6. The predicted molar refractivity (Wildman–Crippen MR) is 71.5 cm³/mol. The van der Waals surface area contributed by atoms with Crippen LogP contribution < -0.4 is 5.32 Å². The topological polar surface area (TPSA) is 49.3 Å². The molecule has 0 saturated carbocycles. The number of rotatable bonds is 6. The lowest BCUT2D eigenvalue weighted by molar-refractivity contribution is -0.143. The third kappa shape index (κ3) is 4.40. The molecule has 0 aliphatic rings. The van der Waals surface area contributed by atoms with Gasteiger partial charge in [-0.15, -0.1) is 11.8 Å². The minimum atomic E-state index is -0.894. The molecular formula is C13H19NO2S. The van der Waals surface area contributed by atoms with Crippen LogP contribution in [-0.4, -0.2) is 28.4 Å². The molecule has 2 N–H and O–H groups in total. The third-order valence-corrected chi connectivity index (χ3v) is 3.68. The minimum Gasteiger partial charge on any atom is -0.480 e. The Balaban J connectivity index is 2.65. The second-order valence-electron chi connectivity index (χ2n) is 4.54. The van der Waals surface area contributed by atoms with Crippen molar-refractivity contribution in [3.8, 4) is 0 Å². The molecule has 0 fully saturated rings. The molecule has 0 radical (unpaired) electrons. The number of carboxylic acids is 1. The maximum absolute atomic E-state index is 11.3. The van der Waals surface area contributed by atoms with Crippen molar-refractivity contribution in [2.45, 2.75) is 37.2 Å². The van der Waals surface area contributed by atoms with E-state index in [0.717, 1.165) is 4.90 Å². The van der Waals surface area contributed by atoms with Crippen molar-refractivity contribution in [1.82, 2.24) is 5.32 Å². The molecule has 0 aliphatic heterocycles. The van der Waals surface area contributed by atoms with E-state index in [2.05, 4.69) is 5.32 Å². The van der Waals surface area contributed by atoms with Crippen LogP contribution >= 0.6 is 11.8 Å². The van der Waals surface area contributed by atoms with E-state index in [1.54, 1.807) is 18.7 Å². The van der Waals surface area contributed by atoms with Gasteiger partial charge in [-0.2, -0.15) is 0 Å². The Bertz CT molecular complexity index is 367. The second kappa shape index (κ2) is 6.07. The van der Waals surface area contributed by atoms with Crippen molar-refractivity contribution < 1.29 is 9.90 Å². The molecule has 0 amide bonds. The van der Waals surface area contributed by atoms with Gasteiger partial charge in [0.15, 0.2) is 0 Å². The first-order valence-electron chi connectivity index (χ1n) is 5.63. The van der Waals surface area contributed by atoms with Gasteiger partial charge in [-0.25, -0.2) is 0 Å². The molecule has 0 bridgehead atoms. The van der Waals surface area contributed by atoms with Gasteiger partial charge < -0.3 is 5.11 Å². The van der Waals surface area contributed by atoms with E-state index < -0.39 is 11.5 Å². The van der Waals surface area contributed by atoms with Crippen LogP contribution in [0.1, 0.15) is 20.8 Å². The summed E-state index contributed by atoms with van der Waals surface area (Å²) < 4.78 is 0. The largest absolute Gasteiger partial charge is 0.480 e. The molecule has 0 aromatic heterocycles. The van der Waals surface area contributed by atoms with Gasteiger partial charge in [-0.05, 0) is 32.9 Å². The van der Waals surface area contributed by atoms with Crippen molar-refractivity contribution in [3.05, 3.63) is 30.3 Å². The van der Waals surface area contributed by atoms with Gasteiger partial charge in [0.2, 0.25) is 0 Å². The van der Waals surface area contributed by atoms with Crippen molar-refractivity contribution in [1.29, 1.82) is 0 Å². The lowest BCUT2D eigenvalue weighted by Gasteiger charge is -2.28. The zero-order valence-corrected chi connectivity index (χ0v) is 11.3. The van der Waals surface area contributed by atoms with Gasteiger partial charge in [-0.1, -0.05) is 18.2 Å². The molecule has 3 nitrogen and oxygen atoms in total. The summed E-state index contributed by atoms with van der Waals surface area (Å²) in [6, 6.07) is 9.98. The zero-order valence-electron chi connectivity index (χ0n) is 10.4. The summed E-state index contributed by atoms with van der Waals surface area (Å²) in [6.07, 6.45) is 0. The van der Waals surface area contributed by atoms with E-state index in [-0.39, 0.29) is 6.04 Å². The van der Waals surface area contributed by atoms with Gasteiger partial charge in [0.05, 0.1) is 0 Å². The summed E-state index contributed by atoms with van der Waals surface area (Å²) in [5, 5.41) is 12.4. The third-order valence-electron chi connectivity index (χ3n) is 2.35. The summed E-state index contributed by atoms with van der Waals surface area (Å²) >= 11 is 1.55. The van der Waals surface area contributed by atoms with Crippen molar-refractivity contribution >= 4 is 17.7 Å². The predicted octanol–water partition coefficient (Wildman–Crippen LogP) is 2.62. The first-order valence-corrected chi connectivity index (χ1v) is 6.61. The smallest absolute Gasteiger partial charge is 0.324 e. The van der Waals surface area contributed by atoms with E-state index in [4.69, 9.17) is 0 Å². The number of hydrogen-bond donors (Lipinski definition) is 2. The molecule has 0 heterocycles. The Morgan fingerprint density at radius 2 is 2.00 bits per heavy atom. The number of carbonyl (C=O) groups is 1. The van der Waals surface area contributed by atoms with Gasteiger partial charge in [-0.3, -0.25) is 10.1 Å². The molecule has 0 aliphatic carbocycles. The molecule has 1 rings (SSSR count). The first-order chi connectivity index (χ1) is 7.94. The van der Waals surface area contributed by atoms with E-state index >= 15 is 0 Å². The summed E-state index contributed by atoms with van der Waals surface area (Å²) in [6.45, 7) is 5.63. The highest BCUT2D eigenvalue weighted by molar-refractivity contribution is 7.99. The lowest BCUT2D eigenvalue weighted by Crippen LogP contribution is -2.54. The average molecular weight is 253 g/mol. The van der Waals surface area contributed by atoms with Crippen LogP contribution in [0.3, 0.4) is 0 Å². The molecule has 1 unspecified atom stereocenters. The van der Waals surface area contributed by atoms with Crippen LogP contribution in [0.25, 0.3) is 0 Å². The quantitative estimate of drug-likeness (QED) is 0.765. The number of benzene rings is 1. The lowest BCUT2D eigenvalue weighted by atomic mass is 10.1. The Morgan fingerprint density at radius 3 is 2.47 bits per heavy atom. The second-order valence-corrected chi connectivity index (χ2v) is 5.59. The van der Waals surface area contributed by atoms with Crippen molar-refractivity contribution in [3.63, 3.8) is 0 Å². The van der Waals surface area contributed by atoms with Crippen LogP contribution in [0.15, 0.2) is 35.2 Å².